The van der Waals surface area contributed by atoms with Gasteiger partial charge in [-0.2, -0.15) is 8.78 Å². The van der Waals surface area contributed by atoms with Crippen LogP contribution in [0.4, 0.5) is 8.78 Å². The van der Waals surface area contributed by atoms with Gasteiger partial charge >= 0.3 is 6.61 Å². The highest BCUT2D eigenvalue weighted by Gasteiger charge is 2.33. The van der Waals surface area contributed by atoms with Crippen LogP contribution < -0.4 is 4.74 Å². The molecule has 4 rings (SSSR count). The van der Waals surface area contributed by atoms with E-state index in [0.717, 1.165) is 18.4 Å². The van der Waals surface area contributed by atoms with Crippen LogP contribution in [-0.2, 0) is 11.3 Å². The SMILES string of the molecule is O=C(/C=C/c1ccccc1OC(F)F)N(Cc1nnc(-c2ccc(Cl)cc2)o1)C1CC1. The maximum absolute atomic E-state index is 12.8. The van der Waals surface area contributed by atoms with E-state index in [1.54, 1.807) is 47.4 Å². The van der Waals surface area contributed by atoms with Crippen LogP contribution in [0, 0.1) is 0 Å². The Labute approximate surface area is 182 Å². The van der Waals surface area contributed by atoms with Crippen LogP contribution in [-0.4, -0.2) is 33.7 Å². The molecule has 1 saturated carbocycles. The van der Waals surface area contributed by atoms with Gasteiger partial charge in [-0.15, -0.1) is 10.2 Å². The fraction of sp³-hybridized carbons (Fsp3) is 0.227. The average molecular weight is 446 g/mol. The third-order valence-electron chi connectivity index (χ3n) is 4.67. The van der Waals surface area contributed by atoms with Crippen LogP contribution in [0.1, 0.15) is 24.3 Å². The molecule has 2 aromatic carbocycles. The first-order valence-electron chi connectivity index (χ1n) is 9.60. The Bertz CT molecular complexity index is 1080. The first kappa shape index (κ1) is 21.0. The van der Waals surface area contributed by atoms with Gasteiger partial charge in [0.05, 0.1) is 6.54 Å². The molecule has 1 fully saturated rings. The Hall–Kier alpha value is -3.26. The molecule has 160 valence electrons. The fourth-order valence-corrected chi connectivity index (χ4v) is 3.15. The molecule has 0 bridgehead atoms. The predicted octanol–water partition coefficient (Wildman–Crippen LogP) is 5.20. The van der Waals surface area contributed by atoms with Gasteiger partial charge in [-0.3, -0.25) is 4.79 Å². The van der Waals surface area contributed by atoms with Crippen molar-refractivity contribution in [1.29, 1.82) is 0 Å². The van der Waals surface area contributed by atoms with Crippen molar-refractivity contribution in [3.05, 3.63) is 71.1 Å². The number of rotatable bonds is 8. The molecule has 0 N–H and O–H groups in total. The number of benzene rings is 2. The first-order valence-corrected chi connectivity index (χ1v) is 9.98. The van der Waals surface area contributed by atoms with Crippen LogP contribution in [0.15, 0.2) is 59.0 Å². The molecule has 31 heavy (non-hydrogen) atoms. The summed E-state index contributed by atoms with van der Waals surface area (Å²) < 4.78 is 35.4. The molecular formula is C22H18ClF2N3O3. The summed E-state index contributed by atoms with van der Waals surface area (Å²) in [7, 11) is 0. The topological polar surface area (TPSA) is 68.5 Å². The van der Waals surface area contributed by atoms with E-state index in [2.05, 4.69) is 14.9 Å². The van der Waals surface area contributed by atoms with Crippen molar-refractivity contribution in [2.75, 3.05) is 0 Å². The molecule has 3 aromatic rings. The number of halogens is 3. The molecular weight excluding hydrogens is 428 g/mol. The van der Waals surface area contributed by atoms with Crippen LogP contribution in [0.25, 0.3) is 17.5 Å². The number of carbonyl (C=O) groups excluding carboxylic acids is 1. The first-order chi connectivity index (χ1) is 15.0. The van der Waals surface area contributed by atoms with E-state index in [-0.39, 0.29) is 24.2 Å². The van der Waals surface area contributed by atoms with Crippen molar-refractivity contribution < 1.29 is 22.7 Å². The minimum absolute atomic E-state index is 0.00373. The minimum atomic E-state index is -2.94. The molecule has 1 heterocycles. The summed E-state index contributed by atoms with van der Waals surface area (Å²) in [5, 5.41) is 8.68. The van der Waals surface area contributed by atoms with E-state index in [1.165, 1.54) is 18.2 Å². The number of carbonyl (C=O) groups is 1. The summed E-state index contributed by atoms with van der Waals surface area (Å²) in [6.07, 6.45) is 4.55. The highest BCUT2D eigenvalue weighted by molar-refractivity contribution is 6.30. The van der Waals surface area contributed by atoms with Crippen LogP contribution >= 0.6 is 11.6 Å². The van der Waals surface area contributed by atoms with Gasteiger partial charge in [-0.25, -0.2) is 0 Å². The number of ether oxygens (including phenoxy) is 1. The smallest absolute Gasteiger partial charge is 0.387 e. The Morgan fingerprint density at radius 3 is 2.65 bits per heavy atom. The molecule has 1 amide bonds. The number of hydrogen-bond acceptors (Lipinski definition) is 5. The van der Waals surface area contributed by atoms with Gasteiger partial charge in [0.25, 0.3) is 0 Å². The summed E-state index contributed by atoms with van der Waals surface area (Å²) in [6, 6.07) is 13.3. The Balaban J connectivity index is 1.47. The Morgan fingerprint density at radius 2 is 1.94 bits per heavy atom. The average Bonchev–Trinajstić information content (AvgIpc) is 3.49. The minimum Gasteiger partial charge on any atom is -0.434 e. The van der Waals surface area contributed by atoms with Crippen LogP contribution in [0.3, 0.4) is 0 Å². The summed E-state index contributed by atoms with van der Waals surface area (Å²) in [4.78, 5) is 14.4. The second-order valence-corrected chi connectivity index (χ2v) is 7.39. The molecule has 1 aromatic heterocycles. The number of hydrogen-bond donors (Lipinski definition) is 0. The molecule has 9 heteroatoms. The monoisotopic (exact) mass is 445 g/mol. The third kappa shape index (κ3) is 5.46. The van der Waals surface area contributed by atoms with Crippen LogP contribution in [0.2, 0.25) is 5.02 Å². The third-order valence-corrected chi connectivity index (χ3v) is 4.93. The largest absolute Gasteiger partial charge is 0.434 e. The molecule has 0 unspecified atom stereocenters. The number of para-hydroxylation sites is 1. The Kier molecular flexibility index (Phi) is 6.27. The lowest BCUT2D eigenvalue weighted by Gasteiger charge is -2.18. The normalized spacial score (nSPS) is 13.7. The molecule has 0 atom stereocenters. The van der Waals surface area contributed by atoms with E-state index in [0.29, 0.717) is 22.4 Å². The zero-order valence-electron chi connectivity index (χ0n) is 16.2. The lowest BCUT2D eigenvalue weighted by molar-refractivity contribution is -0.127. The van der Waals surface area contributed by atoms with Gasteiger partial charge in [0.2, 0.25) is 17.7 Å². The number of aromatic nitrogens is 2. The van der Waals surface area contributed by atoms with Gasteiger partial charge in [-0.05, 0) is 49.2 Å². The highest BCUT2D eigenvalue weighted by Crippen LogP contribution is 2.30. The molecule has 0 spiro atoms. The maximum Gasteiger partial charge on any atom is 0.387 e. The van der Waals surface area contributed by atoms with Gasteiger partial charge in [0.1, 0.15) is 5.75 Å². The summed E-state index contributed by atoms with van der Waals surface area (Å²) in [6.45, 7) is -2.79. The molecule has 1 aliphatic rings. The van der Waals surface area contributed by atoms with Crippen molar-refractivity contribution in [3.8, 4) is 17.2 Å². The Morgan fingerprint density at radius 1 is 1.19 bits per heavy atom. The van der Waals surface area contributed by atoms with Crippen molar-refractivity contribution in [2.45, 2.75) is 32.0 Å². The summed E-state index contributed by atoms with van der Waals surface area (Å²) in [5.74, 6) is 0.369. The lowest BCUT2D eigenvalue weighted by atomic mass is 10.2. The summed E-state index contributed by atoms with van der Waals surface area (Å²) in [5.41, 5.74) is 1.11. The van der Waals surface area contributed by atoms with E-state index < -0.39 is 6.61 Å². The fourth-order valence-electron chi connectivity index (χ4n) is 3.02. The van der Waals surface area contributed by atoms with Crippen molar-refractivity contribution in [2.24, 2.45) is 0 Å². The van der Waals surface area contributed by atoms with Gasteiger partial charge in [0, 0.05) is 28.3 Å². The van der Waals surface area contributed by atoms with Gasteiger partial charge in [0.15, 0.2) is 0 Å². The van der Waals surface area contributed by atoms with E-state index in [9.17, 15) is 13.6 Å². The van der Waals surface area contributed by atoms with E-state index in [4.69, 9.17) is 16.0 Å². The zero-order valence-corrected chi connectivity index (χ0v) is 17.0. The van der Waals surface area contributed by atoms with E-state index >= 15 is 0 Å². The highest BCUT2D eigenvalue weighted by atomic mass is 35.5. The number of nitrogens with zero attached hydrogens (tertiary/aromatic N) is 3. The predicted molar refractivity (Wildman–Crippen MR) is 110 cm³/mol. The van der Waals surface area contributed by atoms with E-state index in [1.807, 2.05) is 0 Å². The van der Waals surface area contributed by atoms with Gasteiger partial charge < -0.3 is 14.1 Å². The molecule has 6 nitrogen and oxygen atoms in total. The maximum atomic E-state index is 12.8. The van der Waals surface area contributed by atoms with Crippen molar-refractivity contribution in [3.63, 3.8) is 0 Å². The molecule has 1 aliphatic carbocycles. The number of alkyl halides is 2. The quantitative estimate of drug-likeness (QED) is 0.446. The molecule has 0 radical (unpaired) electrons. The van der Waals surface area contributed by atoms with Crippen LogP contribution in [0.5, 0.6) is 5.75 Å². The molecule has 0 aliphatic heterocycles. The standard InChI is InChI=1S/C22H18ClF2N3O3/c23-16-8-5-15(6-9-16)21-27-26-19(31-21)13-28(17-10-11-17)20(29)12-7-14-3-1-2-4-18(14)30-22(24)25/h1-9,12,17,22H,10-11,13H2/b12-7+. The summed E-state index contributed by atoms with van der Waals surface area (Å²) >= 11 is 5.90. The molecule has 0 saturated heterocycles. The lowest BCUT2D eigenvalue weighted by Crippen LogP contribution is -2.31. The zero-order chi connectivity index (χ0) is 21.8. The van der Waals surface area contributed by atoms with Crippen molar-refractivity contribution >= 4 is 23.6 Å². The number of amides is 1. The van der Waals surface area contributed by atoms with Gasteiger partial charge in [-0.1, -0.05) is 29.8 Å². The van der Waals surface area contributed by atoms with Crippen molar-refractivity contribution in [1.82, 2.24) is 15.1 Å². The second-order valence-electron chi connectivity index (χ2n) is 6.95. The second kappa shape index (κ2) is 9.26.